The quantitative estimate of drug-likeness (QED) is 0.506. The first kappa shape index (κ1) is 8.62. The van der Waals surface area contributed by atoms with E-state index >= 15 is 0 Å². The first-order valence-corrected chi connectivity index (χ1v) is 4.02. The van der Waals surface area contributed by atoms with E-state index < -0.39 is 17.7 Å². The van der Waals surface area contributed by atoms with Gasteiger partial charge in [0.2, 0.25) is 17.7 Å². The van der Waals surface area contributed by atoms with Crippen LogP contribution in [0.15, 0.2) is 24.3 Å². The molecule has 0 amide bonds. The molecule has 4 heteroatoms. The van der Waals surface area contributed by atoms with Gasteiger partial charge >= 0.3 is 0 Å². The molecule has 70 valence electrons. The number of ketones is 2. The molecular formula is C10H6O4. The van der Waals surface area contributed by atoms with Gasteiger partial charge in [0.05, 0.1) is 0 Å². The maximum atomic E-state index is 11.5. The highest BCUT2D eigenvalue weighted by Crippen LogP contribution is 2.23. The van der Waals surface area contributed by atoms with Crippen molar-refractivity contribution in [2.45, 2.75) is 6.10 Å². The van der Waals surface area contributed by atoms with Crippen molar-refractivity contribution in [2.75, 3.05) is 0 Å². The minimum absolute atomic E-state index is 0.117. The number of carbonyl (C=O) groups is 3. The zero-order valence-corrected chi connectivity index (χ0v) is 7.10. The van der Waals surface area contributed by atoms with Gasteiger partial charge in [-0.15, -0.1) is 0 Å². The summed E-state index contributed by atoms with van der Waals surface area (Å²) in [6.45, 7) is 0.117. The Morgan fingerprint density at radius 2 is 1.57 bits per heavy atom. The van der Waals surface area contributed by atoms with Crippen LogP contribution in [-0.2, 0) is 9.53 Å². The molecule has 1 aliphatic rings. The van der Waals surface area contributed by atoms with Crippen LogP contribution in [0.25, 0.3) is 0 Å². The van der Waals surface area contributed by atoms with Crippen LogP contribution in [0.1, 0.15) is 20.7 Å². The second-order valence-corrected chi connectivity index (χ2v) is 2.89. The Hall–Kier alpha value is -1.97. The molecule has 0 saturated heterocycles. The summed E-state index contributed by atoms with van der Waals surface area (Å²) >= 11 is 0. The summed E-state index contributed by atoms with van der Waals surface area (Å²) in [5, 5.41) is 0. The summed E-state index contributed by atoms with van der Waals surface area (Å²) in [4.78, 5) is 33.1. The van der Waals surface area contributed by atoms with E-state index in [2.05, 4.69) is 4.74 Å². The molecule has 0 heterocycles. The third-order valence-electron chi connectivity index (χ3n) is 2.13. The molecule has 0 fully saturated rings. The van der Waals surface area contributed by atoms with Crippen LogP contribution in [0.3, 0.4) is 0 Å². The first-order valence-electron chi connectivity index (χ1n) is 4.02. The molecule has 0 saturated carbocycles. The first-order chi connectivity index (χ1) is 6.75. The highest BCUT2D eigenvalue weighted by molar-refractivity contribution is 6.28. The minimum Gasteiger partial charge on any atom is -0.448 e. The lowest BCUT2D eigenvalue weighted by Crippen LogP contribution is -2.25. The molecule has 0 aliphatic heterocycles. The smallest absolute Gasteiger partial charge is 0.294 e. The average Bonchev–Trinajstić information content (AvgIpc) is 2.45. The van der Waals surface area contributed by atoms with Crippen molar-refractivity contribution in [2.24, 2.45) is 0 Å². The topological polar surface area (TPSA) is 60.4 Å². The average molecular weight is 190 g/mol. The molecule has 4 nitrogen and oxygen atoms in total. The van der Waals surface area contributed by atoms with Gasteiger partial charge in [0.25, 0.3) is 6.47 Å². The van der Waals surface area contributed by atoms with Crippen molar-refractivity contribution < 1.29 is 19.1 Å². The van der Waals surface area contributed by atoms with Gasteiger partial charge in [-0.2, -0.15) is 0 Å². The van der Waals surface area contributed by atoms with Gasteiger partial charge in [-0.3, -0.25) is 14.4 Å². The second-order valence-electron chi connectivity index (χ2n) is 2.89. The van der Waals surface area contributed by atoms with E-state index in [4.69, 9.17) is 0 Å². The van der Waals surface area contributed by atoms with Crippen molar-refractivity contribution in [3.05, 3.63) is 35.4 Å². The van der Waals surface area contributed by atoms with Gasteiger partial charge in [-0.25, -0.2) is 0 Å². The fourth-order valence-corrected chi connectivity index (χ4v) is 1.49. The number of benzene rings is 1. The fourth-order valence-electron chi connectivity index (χ4n) is 1.49. The second kappa shape index (κ2) is 3.06. The molecule has 2 rings (SSSR count). The molecular weight excluding hydrogens is 184 g/mol. The van der Waals surface area contributed by atoms with Crippen LogP contribution in [0.2, 0.25) is 0 Å². The van der Waals surface area contributed by atoms with E-state index in [1.165, 1.54) is 0 Å². The number of carbonyl (C=O) groups excluding carboxylic acids is 3. The summed E-state index contributed by atoms with van der Waals surface area (Å²) in [7, 11) is 0. The van der Waals surface area contributed by atoms with Crippen molar-refractivity contribution in [3.63, 3.8) is 0 Å². The van der Waals surface area contributed by atoms with Gasteiger partial charge in [0.1, 0.15) is 0 Å². The maximum absolute atomic E-state index is 11.5. The highest BCUT2D eigenvalue weighted by Gasteiger charge is 2.39. The number of hydrogen-bond acceptors (Lipinski definition) is 4. The van der Waals surface area contributed by atoms with Gasteiger partial charge in [-0.1, -0.05) is 24.3 Å². The molecule has 0 atom stereocenters. The fraction of sp³-hybridized carbons (Fsp3) is 0.100. The molecule has 0 N–H and O–H groups in total. The standard InChI is InChI=1S/C10H6O4/c11-5-14-10-8(12)6-3-1-2-4-7(6)9(10)13/h1-5,10H. The van der Waals surface area contributed by atoms with Gasteiger partial charge in [-0.05, 0) is 0 Å². The summed E-state index contributed by atoms with van der Waals surface area (Å²) in [6.07, 6.45) is -1.27. The Morgan fingerprint density at radius 1 is 1.07 bits per heavy atom. The lowest BCUT2D eigenvalue weighted by atomic mass is 10.1. The SMILES string of the molecule is O=COC1C(=O)c2ccccc2C1=O. The van der Waals surface area contributed by atoms with E-state index in [9.17, 15) is 14.4 Å². The minimum atomic E-state index is -1.27. The van der Waals surface area contributed by atoms with Crippen molar-refractivity contribution in [1.82, 2.24) is 0 Å². The summed E-state index contributed by atoms with van der Waals surface area (Å²) in [5.74, 6) is -0.893. The number of ether oxygens (including phenoxy) is 1. The number of rotatable bonds is 2. The van der Waals surface area contributed by atoms with Gasteiger partial charge < -0.3 is 4.74 Å². The predicted molar refractivity (Wildman–Crippen MR) is 46.0 cm³/mol. The molecule has 0 radical (unpaired) electrons. The largest absolute Gasteiger partial charge is 0.448 e. The lowest BCUT2D eigenvalue weighted by molar-refractivity contribution is -0.130. The van der Waals surface area contributed by atoms with E-state index in [1.54, 1.807) is 24.3 Å². The monoisotopic (exact) mass is 190 g/mol. The van der Waals surface area contributed by atoms with Crippen molar-refractivity contribution in [3.8, 4) is 0 Å². The molecule has 0 bridgehead atoms. The predicted octanol–water partition coefficient (Wildman–Crippen LogP) is 0.607. The van der Waals surface area contributed by atoms with Gasteiger partial charge in [0.15, 0.2) is 0 Å². The van der Waals surface area contributed by atoms with Crippen LogP contribution in [-0.4, -0.2) is 24.1 Å². The summed E-state index contributed by atoms with van der Waals surface area (Å²) in [5.41, 5.74) is 0.647. The lowest BCUT2D eigenvalue weighted by Gasteiger charge is -2.01. The highest BCUT2D eigenvalue weighted by atomic mass is 16.5. The zero-order valence-electron chi connectivity index (χ0n) is 7.10. The molecule has 1 aromatic carbocycles. The van der Waals surface area contributed by atoms with Crippen LogP contribution >= 0.6 is 0 Å². The zero-order chi connectivity index (χ0) is 10.1. The van der Waals surface area contributed by atoms with Gasteiger partial charge in [0, 0.05) is 11.1 Å². The molecule has 0 aromatic heterocycles. The number of Topliss-reactive ketones (excluding diaryl/α,β-unsaturated/α-hetero) is 2. The summed E-state index contributed by atoms with van der Waals surface area (Å²) in [6, 6.07) is 6.41. The molecule has 14 heavy (non-hydrogen) atoms. The van der Waals surface area contributed by atoms with E-state index in [-0.39, 0.29) is 6.47 Å². The summed E-state index contributed by atoms with van der Waals surface area (Å²) < 4.78 is 4.43. The molecule has 1 aromatic rings. The Bertz CT molecular complexity index is 387. The number of fused-ring (bicyclic) bond motifs is 1. The Balaban J connectivity index is 2.48. The van der Waals surface area contributed by atoms with E-state index in [0.29, 0.717) is 11.1 Å². The van der Waals surface area contributed by atoms with Crippen LogP contribution in [0, 0.1) is 0 Å². The maximum Gasteiger partial charge on any atom is 0.294 e. The third-order valence-corrected chi connectivity index (χ3v) is 2.13. The normalized spacial score (nSPS) is 15.4. The van der Waals surface area contributed by atoms with Crippen LogP contribution < -0.4 is 0 Å². The molecule has 1 aliphatic carbocycles. The van der Waals surface area contributed by atoms with E-state index in [0.717, 1.165) is 0 Å². The van der Waals surface area contributed by atoms with Crippen molar-refractivity contribution in [1.29, 1.82) is 0 Å². The Morgan fingerprint density at radius 3 is 2.00 bits per heavy atom. The Kier molecular flexibility index (Phi) is 1.89. The molecule has 0 unspecified atom stereocenters. The van der Waals surface area contributed by atoms with E-state index in [1.807, 2.05) is 0 Å². The van der Waals surface area contributed by atoms with Crippen LogP contribution in [0.4, 0.5) is 0 Å². The number of hydrogen-bond donors (Lipinski definition) is 0. The Labute approximate surface area is 79.5 Å². The third kappa shape index (κ3) is 1.04. The van der Waals surface area contributed by atoms with Crippen molar-refractivity contribution >= 4 is 18.0 Å². The molecule has 0 spiro atoms. The van der Waals surface area contributed by atoms with Crippen LogP contribution in [0.5, 0.6) is 0 Å².